The third-order valence-corrected chi connectivity index (χ3v) is 3.01. The van der Waals surface area contributed by atoms with Gasteiger partial charge >= 0.3 is 12.1 Å². The van der Waals surface area contributed by atoms with Gasteiger partial charge in [-0.25, -0.2) is 9.97 Å². The lowest BCUT2D eigenvalue weighted by molar-refractivity contribution is -0.295. The first-order chi connectivity index (χ1) is 9.09. The summed E-state index contributed by atoms with van der Waals surface area (Å²) in [5.41, 5.74) is -0.707. The summed E-state index contributed by atoms with van der Waals surface area (Å²) < 4.78 is 64.1. The van der Waals surface area contributed by atoms with Crippen LogP contribution in [0.25, 0.3) is 11.2 Å². The van der Waals surface area contributed by atoms with Crippen LogP contribution in [0.2, 0.25) is 10.2 Å². The number of rotatable bonds is 2. The van der Waals surface area contributed by atoms with Crippen molar-refractivity contribution in [2.45, 2.75) is 12.1 Å². The molecule has 2 aromatic heterocycles. The lowest BCUT2D eigenvalue weighted by Gasteiger charge is -2.19. The Bertz CT molecular complexity index is 670. The molecular weight excluding hydrogens is 332 g/mol. The summed E-state index contributed by atoms with van der Waals surface area (Å²) >= 11 is 11.2. The van der Waals surface area contributed by atoms with Gasteiger partial charge in [0.1, 0.15) is 17.8 Å². The normalized spacial score (nSPS) is 13.0. The highest BCUT2D eigenvalue weighted by molar-refractivity contribution is 6.41. The fraction of sp³-hybridized carbons (Fsp3) is 0.333. The van der Waals surface area contributed by atoms with Crippen molar-refractivity contribution < 1.29 is 26.8 Å². The Morgan fingerprint density at radius 1 is 1.15 bits per heavy atom. The molecule has 20 heavy (non-hydrogen) atoms. The second kappa shape index (κ2) is 4.59. The SMILES string of the molecule is COn1c(C(F)(F)C(F)(F)F)nc2nc(Cl)c(Cl)cc21. The van der Waals surface area contributed by atoms with Gasteiger partial charge in [-0.05, 0) is 6.07 Å². The summed E-state index contributed by atoms with van der Waals surface area (Å²) in [7, 11) is 0.902. The molecule has 0 aliphatic rings. The highest BCUT2D eigenvalue weighted by Gasteiger charge is 2.62. The molecule has 0 bridgehead atoms. The van der Waals surface area contributed by atoms with E-state index in [-0.39, 0.29) is 20.4 Å². The number of halogens is 7. The van der Waals surface area contributed by atoms with E-state index in [1.165, 1.54) is 0 Å². The number of alkyl halides is 5. The minimum atomic E-state index is -5.84. The zero-order chi connectivity index (χ0) is 15.3. The monoisotopic (exact) mass is 335 g/mol. The van der Waals surface area contributed by atoms with E-state index in [4.69, 9.17) is 23.2 Å². The van der Waals surface area contributed by atoms with E-state index < -0.39 is 23.6 Å². The molecule has 0 saturated carbocycles. The van der Waals surface area contributed by atoms with Gasteiger partial charge in [-0.1, -0.05) is 23.2 Å². The zero-order valence-electron chi connectivity index (χ0n) is 9.47. The van der Waals surface area contributed by atoms with Crippen LogP contribution in [-0.4, -0.2) is 28.0 Å². The number of pyridine rings is 1. The zero-order valence-corrected chi connectivity index (χ0v) is 11.0. The van der Waals surface area contributed by atoms with Crippen molar-refractivity contribution in [2.75, 3.05) is 7.11 Å². The lowest BCUT2D eigenvalue weighted by atomic mass is 10.3. The summed E-state index contributed by atoms with van der Waals surface area (Å²) in [6.07, 6.45) is -5.84. The van der Waals surface area contributed by atoms with E-state index in [2.05, 4.69) is 14.8 Å². The van der Waals surface area contributed by atoms with Gasteiger partial charge in [0, 0.05) is 0 Å². The molecule has 4 nitrogen and oxygen atoms in total. The van der Waals surface area contributed by atoms with Crippen molar-refractivity contribution in [1.29, 1.82) is 0 Å². The molecule has 0 radical (unpaired) electrons. The topological polar surface area (TPSA) is 39.9 Å². The molecule has 2 rings (SSSR count). The molecule has 0 fully saturated rings. The molecule has 0 amide bonds. The molecule has 2 aromatic rings. The van der Waals surface area contributed by atoms with Crippen molar-refractivity contribution in [3.63, 3.8) is 0 Å². The summed E-state index contributed by atoms with van der Waals surface area (Å²) in [5.74, 6) is -6.88. The first-order valence-electron chi connectivity index (χ1n) is 4.83. The average Bonchev–Trinajstić information content (AvgIpc) is 2.66. The highest BCUT2D eigenvalue weighted by atomic mass is 35.5. The van der Waals surface area contributed by atoms with E-state index in [1.54, 1.807) is 0 Å². The van der Waals surface area contributed by atoms with Gasteiger partial charge in [-0.15, -0.1) is 0 Å². The van der Waals surface area contributed by atoms with E-state index >= 15 is 0 Å². The van der Waals surface area contributed by atoms with Crippen molar-refractivity contribution in [3.05, 3.63) is 22.1 Å². The number of nitrogens with zero attached hydrogens (tertiary/aromatic N) is 3. The van der Waals surface area contributed by atoms with Gasteiger partial charge in [0.25, 0.3) is 0 Å². The molecule has 0 atom stereocenters. The number of hydrogen-bond acceptors (Lipinski definition) is 3. The predicted octanol–water partition coefficient (Wildman–Crippen LogP) is 3.45. The van der Waals surface area contributed by atoms with Crippen LogP contribution in [0.4, 0.5) is 22.0 Å². The standard InChI is InChI=1S/C9H4Cl2F5N3O/c1-20-19-4-2-3(10)5(11)17-6(4)18-7(19)8(12,13)9(14,15)16/h2H,1H3. The Kier molecular flexibility index (Phi) is 3.45. The van der Waals surface area contributed by atoms with Crippen LogP contribution in [0.5, 0.6) is 0 Å². The van der Waals surface area contributed by atoms with Crippen LogP contribution in [0, 0.1) is 0 Å². The van der Waals surface area contributed by atoms with Crippen LogP contribution < -0.4 is 4.84 Å². The van der Waals surface area contributed by atoms with Crippen molar-refractivity contribution in [1.82, 2.24) is 14.7 Å². The fourth-order valence-corrected chi connectivity index (χ4v) is 1.73. The van der Waals surface area contributed by atoms with Crippen LogP contribution in [0.15, 0.2) is 6.07 Å². The molecule has 0 N–H and O–H groups in total. The van der Waals surface area contributed by atoms with Gasteiger partial charge in [-0.2, -0.15) is 26.7 Å². The van der Waals surface area contributed by atoms with Crippen LogP contribution in [-0.2, 0) is 5.92 Å². The number of aromatic nitrogens is 3. The third kappa shape index (κ3) is 2.14. The summed E-state index contributed by atoms with van der Waals surface area (Å²) in [5, 5.41) is -0.416. The van der Waals surface area contributed by atoms with Gasteiger partial charge < -0.3 is 4.84 Å². The van der Waals surface area contributed by atoms with E-state index in [1.807, 2.05) is 0 Å². The average molecular weight is 336 g/mol. The van der Waals surface area contributed by atoms with Crippen LogP contribution in [0.1, 0.15) is 5.82 Å². The maximum Gasteiger partial charge on any atom is 0.461 e. The van der Waals surface area contributed by atoms with E-state index in [9.17, 15) is 22.0 Å². The molecular formula is C9H4Cl2F5N3O. The van der Waals surface area contributed by atoms with Crippen molar-refractivity contribution >= 4 is 34.4 Å². The maximum absolute atomic E-state index is 13.4. The smallest absolute Gasteiger partial charge is 0.415 e. The second-order valence-electron chi connectivity index (χ2n) is 3.59. The number of imidazole rings is 1. The fourth-order valence-electron chi connectivity index (χ4n) is 1.45. The van der Waals surface area contributed by atoms with Crippen LogP contribution in [0.3, 0.4) is 0 Å². The van der Waals surface area contributed by atoms with Gasteiger partial charge in [0.2, 0.25) is 5.82 Å². The van der Waals surface area contributed by atoms with E-state index in [0.717, 1.165) is 13.2 Å². The molecule has 11 heteroatoms. The first-order valence-corrected chi connectivity index (χ1v) is 5.59. The molecule has 0 aliphatic heterocycles. The predicted molar refractivity (Wildman–Crippen MR) is 60.0 cm³/mol. The Labute approximate surface area is 118 Å². The van der Waals surface area contributed by atoms with E-state index in [0.29, 0.717) is 0 Å². The highest BCUT2D eigenvalue weighted by Crippen LogP contribution is 2.44. The molecule has 0 aliphatic carbocycles. The minimum absolute atomic E-state index is 0.140. The quantitative estimate of drug-likeness (QED) is 0.623. The first kappa shape index (κ1) is 15.0. The third-order valence-electron chi connectivity index (χ3n) is 2.34. The van der Waals surface area contributed by atoms with Gasteiger partial charge in [0.15, 0.2) is 5.65 Å². The second-order valence-corrected chi connectivity index (χ2v) is 4.35. The number of fused-ring (bicyclic) bond motifs is 1. The Balaban J connectivity index is 2.78. The Hall–Kier alpha value is -1.35. The maximum atomic E-state index is 13.4. The molecule has 0 aromatic carbocycles. The summed E-state index contributed by atoms with van der Waals surface area (Å²) in [6, 6.07) is 1.03. The molecule has 110 valence electrons. The lowest BCUT2D eigenvalue weighted by Crippen LogP contribution is -2.37. The number of hydrogen-bond donors (Lipinski definition) is 0. The minimum Gasteiger partial charge on any atom is -0.415 e. The Morgan fingerprint density at radius 3 is 2.25 bits per heavy atom. The molecule has 0 unspecified atom stereocenters. The van der Waals surface area contributed by atoms with Gasteiger partial charge in [-0.3, -0.25) is 0 Å². The molecule has 0 spiro atoms. The van der Waals surface area contributed by atoms with Crippen molar-refractivity contribution in [3.8, 4) is 0 Å². The molecule has 2 heterocycles. The largest absolute Gasteiger partial charge is 0.461 e. The summed E-state index contributed by atoms with van der Waals surface area (Å²) in [6.45, 7) is 0. The summed E-state index contributed by atoms with van der Waals surface area (Å²) in [4.78, 5) is 11.2. The Morgan fingerprint density at radius 2 is 1.75 bits per heavy atom. The molecule has 0 saturated heterocycles. The van der Waals surface area contributed by atoms with Crippen molar-refractivity contribution in [2.24, 2.45) is 0 Å². The van der Waals surface area contributed by atoms with Gasteiger partial charge in [0.05, 0.1) is 5.02 Å². The van der Waals surface area contributed by atoms with Crippen LogP contribution >= 0.6 is 23.2 Å².